The smallest absolute Gasteiger partial charge is 0.341 e. The van der Waals surface area contributed by atoms with Gasteiger partial charge in [-0.1, -0.05) is 0 Å². The van der Waals surface area contributed by atoms with Gasteiger partial charge in [0.1, 0.15) is 5.56 Å². The van der Waals surface area contributed by atoms with E-state index in [1.54, 1.807) is 13.1 Å². The highest BCUT2D eigenvalue weighted by molar-refractivity contribution is 5.93. The summed E-state index contributed by atoms with van der Waals surface area (Å²) in [6.45, 7) is 0.0885. The van der Waals surface area contributed by atoms with E-state index in [-0.39, 0.29) is 17.7 Å². The standard InChI is InChI=1S/C12H10N2O5/c1-13-14-4-7(12(16)17)11(15)6-2-9-10(3-8(6)14)19-5-18-9/h2-4,13H,5H2,1H3,(H,16,17). The number of benzene rings is 1. The number of aromatic nitrogens is 1. The Morgan fingerprint density at radius 2 is 2.05 bits per heavy atom. The molecule has 98 valence electrons. The van der Waals surface area contributed by atoms with Crippen LogP contribution in [0.1, 0.15) is 10.4 Å². The number of carbonyl (C=O) groups is 1. The lowest BCUT2D eigenvalue weighted by molar-refractivity contribution is 0.0695. The van der Waals surface area contributed by atoms with Gasteiger partial charge in [-0.15, -0.1) is 0 Å². The highest BCUT2D eigenvalue weighted by atomic mass is 16.7. The molecule has 1 aliphatic rings. The summed E-state index contributed by atoms with van der Waals surface area (Å²) < 4.78 is 11.9. The first-order valence-electron chi connectivity index (χ1n) is 5.52. The zero-order valence-electron chi connectivity index (χ0n) is 9.97. The largest absolute Gasteiger partial charge is 0.477 e. The second kappa shape index (κ2) is 3.91. The summed E-state index contributed by atoms with van der Waals surface area (Å²) in [5, 5.41) is 9.30. The van der Waals surface area contributed by atoms with Crippen molar-refractivity contribution in [3.8, 4) is 11.5 Å². The van der Waals surface area contributed by atoms with Crippen LogP contribution in [-0.2, 0) is 0 Å². The summed E-state index contributed by atoms with van der Waals surface area (Å²) in [4.78, 5) is 23.2. The van der Waals surface area contributed by atoms with E-state index in [9.17, 15) is 9.59 Å². The van der Waals surface area contributed by atoms with E-state index in [1.165, 1.54) is 16.9 Å². The molecule has 0 unspecified atom stereocenters. The lowest BCUT2D eigenvalue weighted by Crippen LogP contribution is -2.21. The van der Waals surface area contributed by atoms with E-state index >= 15 is 0 Å². The molecule has 19 heavy (non-hydrogen) atoms. The molecule has 0 radical (unpaired) electrons. The summed E-state index contributed by atoms with van der Waals surface area (Å²) in [6.07, 6.45) is 1.25. The van der Waals surface area contributed by atoms with Crippen molar-refractivity contribution < 1.29 is 19.4 Å². The van der Waals surface area contributed by atoms with Crippen molar-refractivity contribution >= 4 is 16.9 Å². The van der Waals surface area contributed by atoms with Crippen LogP contribution in [0.5, 0.6) is 11.5 Å². The molecule has 7 nitrogen and oxygen atoms in total. The zero-order valence-corrected chi connectivity index (χ0v) is 9.97. The molecule has 2 aromatic rings. The van der Waals surface area contributed by atoms with E-state index in [1.807, 2.05) is 0 Å². The van der Waals surface area contributed by atoms with Crippen LogP contribution in [0, 0.1) is 0 Å². The molecule has 3 rings (SSSR count). The van der Waals surface area contributed by atoms with Crippen LogP contribution in [0.15, 0.2) is 23.1 Å². The third-order valence-electron chi connectivity index (χ3n) is 2.97. The van der Waals surface area contributed by atoms with Crippen molar-refractivity contribution in [2.75, 3.05) is 19.3 Å². The number of aromatic carboxylic acids is 1. The summed E-state index contributed by atoms with van der Waals surface area (Å²) in [5.41, 5.74) is 2.48. The number of hydrogen-bond acceptors (Lipinski definition) is 5. The van der Waals surface area contributed by atoms with Gasteiger partial charge in [0.2, 0.25) is 12.2 Å². The van der Waals surface area contributed by atoms with Crippen LogP contribution >= 0.6 is 0 Å². The zero-order chi connectivity index (χ0) is 13.6. The van der Waals surface area contributed by atoms with Crippen LogP contribution in [0.4, 0.5) is 0 Å². The summed E-state index contributed by atoms with van der Waals surface area (Å²) >= 11 is 0. The molecule has 0 saturated carbocycles. The molecule has 0 spiro atoms. The number of rotatable bonds is 2. The average molecular weight is 262 g/mol. The van der Waals surface area contributed by atoms with E-state index in [0.29, 0.717) is 17.0 Å². The number of pyridine rings is 1. The lowest BCUT2D eigenvalue weighted by atomic mass is 10.1. The Morgan fingerprint density at radius 1 is 1.37 bits per heavy atom. The van der Waals surface area contributed by atoms with Gasteiger partial charge in [-0.2, -0.15) is 0 Å². The summed E-state index contributed by atoms with van der Waals surface area (Å²) in [7, 11) is 1.63. The fourth-order valence-corrected chi connectivity index (χ4v) is 2.05. The summed E-state index contributed by atoms with van der Waals surface area (Å²) in [6, 6.07) is 3.14. The number of carboxylic acids is 1. The van der Waals surface area contributed by atoms with Gasteiger partial charge in [0, 0.05) is 19.3 Å². The number of carboxylic acid groups (broad SMARTS) is 1. The van der Waals surface area contributed by atoms with Crippen LogP contribution in [-0.4, -0.2) is 29.6 Å². The van der Waals surface area contributed by atoms with Crippen molar-refractivity contribution in [3.63, 3.8) is 0 Å². The highest BCUT2D eigenvalue weighted by Crippen LogP contribution is 2.34. The minimum absolute atomic E-state index is 0.0885. The minimum atomic E-state index is -1.27. The quantitative estimate of drug-likeness (QED) is 0.823. The predicted molar refractivity (Wildman–Crippen MR) is 66.6 cm³/mol. The van der Waals surface area contributed by atoms with Crippen LogP contribution < -0.4 is 20.3 Å². The van der Waals surface area contributed by atoms with Crippen molar-refractivity contribution in [1.29, 1.82) is 0 Å². The Balaban J connectivity index is 2.43. The van der Waals surface area contributed by atoms with Gasteiger partial charge >= 0.3 is 5.97 Å². The van der Waals surface area contributed by atoms with E-state index < -0.39 is 11.4 Å². The van der Waals surface area contributed by atoms with Gasteiger partial charge in [0.05, 0.1) is 10.9 Å². The Bertz CT molecular complexity index is 750. The Kier molecular flexibility index (Phi) is 2.34. The fraction of sp³-hybridized carbons (Fsp3) is 0.167. The SMILES string of the molecule is CNn1cc(C(=O)O)c(=O)c2cc3c(cc21)OCO3. The minimum Gasteiger partial charge on any atom is -0.477 e. The number of fused-ring (bicyclic) bond motifs is 2. The van der Waals surface area contributed by atoms with Crippen LogP contribution in [0.3, 0.4) is 0 Å². The van der Waals surface area contributed by atoms with Gasteiger partial charge in [-0.3, -0.25) is 9.47 Å². The van der Waals surface area contributed by atoms with Gasteiger partial charge in [-0.25, -0.2) is 4.79 Å². The maximum absolute atomic E-state index is 12.1. The normalized spacial score (nSPS) is 12.7. The Labute approximate surface area is 106 Å². The molecule has 7 heteroatoms. The maximum Gasteiger partial charge on any atom is 0.341 e. The van der Waals surface area contributed by atoms with Gasteiger partial charge in [-0.05, 0) is 6.07 Å². The van der Waals surface area contributed by atoms with Gasteiger partial charge in [0.15, 0.2) is 11.5 Å². The summed E-state index contributed by atoms with van der Waals surface area (Å²) in [5.74, 6) is -0.303. The Morgan fingerprint density at radius 3 is 2.68 bits per heavy atom. The van der Waals surface area contributed by atoms with Crippen molar-refractivity contribution in [3.05, 3.63) is 34.1 Å². The maximum atomic E-state index is 12.1. The second-order valence-corrected chi connectivity index (χ2v) is 3.99. The molecule has 0 atom stereocenters. The first-order chi connectivity index (χ1) is 9.11. The monoisotopic (exact) mass is 262 g/mol. The third kappa shape index (κ3) is 1.59. The van der Waals surface area contributed by atoms with Crippen molar-refractivity contribution in [2.24, 2.45) is 0 Å². The fourth-order valence-electron chi connectivity index (χ4n) is 2.05. The molecule has 1 aromatic heterocycles. The highest BCUT2D eigenvalue weighted by Gasteiger charge is 2.20. The van der Waals surface area contributed by atoms with Crippen molar-refractivity contribution in [1.82, 2.24) is 4.68 Å². The predicted octanol–water partition coefficient (Wildman–Crippen LogP) is 0.602. The topological polar surface area (TPSA) is 89.8 Å². The molecule has 0 aliphatic carbocycles. The number of nitrogens with one attached hydrogen (secondary N) is 1. The molecule has 1 aliphatic heterocycles. The molecule has 0 amide bonds. The van der Waals surface area contributed by atoms with Crippen LogP contribution in [0.2, 0.25) is 0 Å². The lowest BCUT2D eigenvalue weighted by Gasteiger charge is -2.11. The first-order valence-corrected chi connectivity index (χ1v) is 5.52. The molecular formula is C12H10N2O5. The van der Waals surface area contributed by atoms with Gasteiger partial charge < -0.3 is 20.0 Å². The molecule has 2 heterocycles. The first kappa shape index (κ1) is 11.4. The van der Waals surface area contributed by atoms with E-state index in [2.05, 4.69) is 5.43 Å². The number of hydrogen-bond donors (Lipinski definition) is 2. The molecule has 2 N–H and O–H groups in total. The third-order valence-corrected chi connectivity index (χ3v) is 2.97. The second-order valence-electron chi connectivity index (χ2n) is 3.99. The average Bonchev–Trinajstić information content (AvgIpc) is 2.84. The molecule has 0 bridgehead atoms. The molecule has 1 aromatic carbocycles. The van der Waals surface area contributed by atoms with Crippen molar-refractivity contribution in [2.45, 2.75) is 0 Å². The molecule has 0 saturated heterocycles. The van der Waals surface area contributed by atoms with Gasteiger partial charge in [0.25, 0.3) is 0 Å². The molecular weight excluding hydrogens is 252 g/mol. The van der Waals surface area contributed by atoms with Crippen LogP contribution in [0.25, 0.3) is 10.9 Å². The number of nitrogens with zero attached hydrogens (tertiary/aromatic N) is 1. The van der Waals surface area contributed by atoms with E-state index in [4.69, 9.17) is 14.6 Å². The Hall–Kier alpha value is -2.70. The number of ether oxygens (including phenoxy) is 2. The van der Waals surface area contributed by atoms with E-state index in [0.717, 1.165) is 0 Å². The molecule has 0 fully saturated rings.